The second kappa shape index (κ2) is 8.51. The van der Waals surface area contributed by atoms with Gasteiger partial charge in [0.1, 0.15) is 22.8 Å². The molecule has 0 radical (unpaired) electrons. The number of ketones is 3. The average Bonchev–Trinajstić information content (AvgIpc) is 2.80. The van der Waals surface area contributed by atoms with Gasteiger partial charge in [0.2, 0.25) is 5.78 Å². The van der Waals surface area contributed by atoms with Crippen molar-refractivity contribution in [1.82, 2.24) is 4.90 Å². The van der Waals surface area contributed by atoms with Crippen molar-refractivity contribution in [2.75, 3.05) is 14.1 Å². The van der Waals surface area contributed by atoms with Gasteiger partial charge in [-0.3, -0.25) is 24.1 Å². The molecule has 0 spiro atoms. The summed E-state index contributed by atoms with van der Waals surface area (Å²) in [4.78, 5) is 53.5. The number of benzene rings is 1. The van der Waals surface area contributed by atoms with Gasteiger partial charge in [0, 0.05) is 23.0 Å². The van der Waals surface area contributed by atoms with Crippen molar-refractivity contribution in [2.45, 2.75) is 44.4 Å². The lowest BCUT2D eigenvalue weighted by molar-refractivity contribution is -0.169. The Kier molecular flexibility index (Phi) is 6.10. The highest BCUT2D eigenvalue weighted by Crippen LogP contribution is 2.56. The van der Waals surface area contributed by atoms with Crippen LogP contribution in [-0.4, -0.2) is 85.5 Å². The summed E-state index contributed by atoms with van der Waals surface area (Å²) in [6, 6.07) is 1.16. The van der Waals surface area contributed by atoms with Crippen LogP contribution in [0.25, 0.3) is 5.76 Å². The number of amides is 1. The van der Waals surface area contributed by atoms with E-state index >= 15 is 0 Å². The maximum atomic E-state index is 13.9. The standard InChI is InChI=1S/C26H30N2O9/c1-8(2)19(30)10-6-7-11(29)14-12(10)9(3)13-15(20(14)31)23(34)26(37)17(21(13)32)18(28(4)5)22(33)16(24(26)35)25(27)36/h6-9,13,17-18,21,29,31-32,35,37H,1-5H3,(H2,27,36)/t9-,13+,17+,18-,21-,26-/m1/s1. The molecule has 0 bridgehead atoms. The third-order valence-corrected chi connectivity index (χ3v) is 7.90. The monoisotopic (exact) mass is 514 g/mol. The number of nitrogens with zero attached hydrogens (tertiary/aromatic N) is 1. The van der Waals surface area contributed by atoms with Crippen LogP contribution in [0.15, 0.2) is 29.0 Å². The van der Waals surface area contributed by atoms with Crippen LogP contribution in [0, 0.1) is 17.8 Å². The lowest BCUT2D eigenvalue weighted by Gasteiger charge is -2.53. The van der Waals surface area contributed by atoms with E-state index in [2.05, 4.69) is 0 Å². The molecule has 1 saturated carbocycles. The number of phenolic OH excluding ortho intramolecular Hbond substituents is 1. The minimum atomic E-state index is -2.98. The second-order valence-electron chi connectivity index (χ2n) is 10.5. The molecule has 198 valence electrons. The molecular weight excluding hydrogens is 484 g/mol. The molecule has 0 saturated heterocycles. The summed E-state index contributed by atoms with van der Waals surface area (Å²) in [7, 11) is 2.86. The van der Waals surface area contributed by atoms with Crippen LogP contribution in [0.1, 0.15) is 48.2 Å². The minimum absolute atomic E-state index is 0.184. The van der Waals surface area contributed by atoms with E-state index in [-0.39, 0.29) is 22.5 Å². The third-order valence-electron chi connectivity index (χ3n) is 7.90. The molecule has 0 aliphatic heterocycles. The number of hydrogen-bond donors (Lipinski definition) is 6. The SMILES string of the molecule is CC(C)C(=O)c1ccc(O)c2c1[C@@H](C)[C@H]1C(=C2O)C(=O)[C@@]2(O)C(O)=C(C(N)=O)C(=O)[C@H](N(C)C)[C@H]2[C@@H]1O. The van der Waals surface area contributed by atoms with Crippen LogP contribution in [0.2, 0.25) is 0 Å². The number of likely N-dealkylation sites (N-methyl/N-ethyl adjacent to an activating group) is 1. The Balaban J connectivity index is 2.08. The number of aromatic hydroxyl groups is 1. The average molecular weight is 515 g/mol. The summed E-state index contributed by atoms with van der Waals surface area (Å²) < 4.78 is 0. The molecule has 37 heavy (non-hydrogen) atoms. The smallest absolute Gasteiger partial charge is 0.255 e. The first-order chi connectivity index (χ1) is 17.1. The van der Waals surface area contributed by atoms with Gasteiger partial charge >= 0.3 is 0 Å². The van der Waals surface area contributed by atoms with Crippen molar-refractivity contribution < 1.29 is 44.7 Å². The maximum Gasteiger partial charge on any atom is 0.255 e. The molecule has 1 aromatic carbocycles. The Hall–Kier alpha value is -3.54. The molecule has 0 heterocycles. The molecule has 4 rings (SSSR count). The van der Waals surface area contributed by atoms with Gasteiger partial charge in [-0.2, -0.15) is 0 Å². The van der Waals surface area contributed by atoms with Crippen LogP contribution < -0.4 is 5.73 Å². The Morgan fingerprint density at radius 1 is 1.11 bits per heavy atom. The molecule has 1 aromatic rings. The predicted octanol–water partition coefficient (Wildman–Crippen LogP) is 0.335. The number of hydrogen-bond acceptors (Lipinski definition) is 10. The summed E-state index contributed by atoms with van der Waals surface area (Å²) >= 11 is 0. The number of rotatable bonds is 4. The molecule has 3 aliphatic rings. The fourth-order valence-corrected chi connectivity index (χ4v) is 6.22. The lowest BCUT2D eigenvalue weighted by Crippen LogP contribution is -2.70. The van der Waals surface area contributed by atoms with Gasteiger partial charge in [0.05, 0.1) is 23.6 Å². The fourth-order valence-electron chi connectivity index (χ4n) is 6.22. The van der Waals surface area contributed by atoms with Crippen LogP contribution in [0.5, 0.6) is 5.75 Å². The van der Waals surface area contributed by atoms with Crippen molar-refractivity contribution >= 4 is 29.0 Å². The Labute approximate surface area is 212 Å². The molecule has 3 aliphatic carbocycles. The number of primary amides is 1. The number of phenols is 1. The van der Waals surface area contributed by atoms with Gasteiger partial charge in [0.25, 0.3) is 5.91 Å². The highest BCUT2D eigenvalue weighted by Gasteiger charge is 2.68. The van der Waals surface area contributed by atoms with Crippen molar-refractivity contribution in [2.24, 2.45) is 23.5 Å². The topological polar surface area (TPSA) is 199 Å². The number of fused-ring (bicyclic) bond motifs is 3. The normalized spacial score (nSPS) is 31.4. The number of nitrogens with two attached hydrogens (primary N) is 1. The molecule has 1 amide bonds. The molecule has 11 nitrogen and oxygen atoms in total. The first-order valence-electron chi connectivity index (χ1n) is 11.8. The zero-order valence-electron chi connectivity index (χ0n) is 21.0. The van der Waals surface area contributed by atoms with E-state index in [1.165, 1.54) is 31.1 Å². The summed E-state index contributed by atoms with van der Waals surface area (Å²) in [5.74, 6) is -10.6. The van der Waals surface area contributed by atoms with Crippen molar-refractivity contribution in [3.05, 3.63) is 45.7 Å². The summed E-state index contributed by atoms with van der Waals surface area (Å²) in [5, 5.41) is 56.1. The lowest BCUT2D eigenvalue weighted by atomic mass is 9.54. The highest BCUT2D eigenvalue weighted by atomic mass is 16.4. The molecular formula is C26H30N2O9. The van der Waals surface area contributed by atoms with E-state index in [0.29, 0.717) is 0 Å². The minimum Gasteiger partial charge on any atom is -0.508 e. The number of carbonyl (C=O) groups excluding carboxylic acids is 4. The summed E-state index contributed by atoms with van der Waals surface area (Å²) in [6.45, 7) is 4.94. The van der Waals surface area contributed by atoms with Crippen molar-refractivity contribution in [3.63, 3.8) is 0 Å². The van der Waals surface area contributed by atoms with E-state index in [1.54, 1.807) is 20.8 Å². The van der Waals surface area contributed by atoms with Crippen LogP contribution in [-0.2, 0) is 14.4 Å². The molecule has 0 aromatic heterocycles. The summed E-state index contributed by atoms with van der Waals surface area (Å²) in [5.41, 5.74) is 1.03. The Bertz CT molecular complexity index is 1330. The number of aliphatic hydroxyl groups is 4. The molecule has 11 heteroatoms. The van der Waals surface area contributed by atoms with E-state index < -0.39 is 87.3 Å². The van der Waals surface area contributed by atoms with Crippen LogP contribution in [0.4, 0.5) is 0 Å². The van der Waals surface area contributed by atoms with Gasteiger partial charge in [-0.05, 0) is 37.7 Å². The van der Waals surface area contributed by atoms with Gasteiger partial charge in [0.15, 0.2) is 17.2 Å². The first-order valence-corrected chi connectivity index (χ1v) is 11.8. The molecule has 6 atom stereocenters. The molecule has 7 N–H and O–H groups in total. The zero-order chi connectivity index (χ0) is 27.9. The first kappa shape index (κ1) is 26.5. The van der Waals surface area contributed by atoms with Crippen molar-refractivity contribution in [1.29, 1.82) is 0 Å². The van der Waals surface area contributed by atoms with Gasteiger partial charge < -0.3 is 31.3 Å². The van der Waals surface area contributed by atoms with Gasteiger partial charge in [-0.15, -0.1) is 0 Å². The van der Waals surface area contributed by atoms with Crippen LogP contribution in [0.3, 0.4) is 0 Å². The predicted molar refractivity (Wildman–Crippen MR) is 130 cm³/mol. The van der Waals surface area contributed by atoms with E-state index in [4.69, 9.17) is 5.73 Å². The molecule has 0 unspecified atom stereocenters. The summed E-state index contributed by atoms with van der Waals surface area (Å²) in [6.07, 6.45) is -1.72. The highest BCUT2D eigenvalue weighted by molar-refractivity contribution is 6.24. The van der Waals surface area contributed by atoms with E-state index in [9.17, 15) is 44.7 Å². The quantitative estimate of drug-likeness (QED) is 0.240. The number of Topliss-reactive ketones (excluding diaryl/α,β-unsaturated/α-hetero) is 3. The third kappa shape index (κ3) is 3.30. The fraction of sp³-hybridized carbons (Fsp3) is 0.462. The Morgan fingerprint density at radius 2 is 1.70 bits per heavy atom. The second-order valence-corrected chi connectivity index (χ2v) is 10.5. The van der Waals surface area contributed by atoms with Crippen LogP contribution >= 0.6 is 0 Å². The number of aliphatic hydroxyl groups excluding tert-OH is 3. The molecule has 1 fully saturated rings. The zero-order valence-corrected chi connectivity index (χ0v) is 21.0. The van der Waals surface area contributed by atoms with E-state index in [0.717, 1.165) is 0 Å². The Morgan fingerprint density at radius 3 is 2.22 bits per heavy atom. The number of carbonyl (C=O) groups is 4. The largest absolute Gasteiger partial charge is 0.508 e. The van der Waals surface area contributed by atoms with Gasteiger partial charge in [-0.25, -0.2) is 0 Å². The maximum absolute atomic E-state index is 13.9. The van der Waals surface area contributed by atoms with E-state index in [1.807, 2.05) is 0 Å². The van der Waals surface area contributed by atoms with Crippen molar-refractivity contribution in [3.8, 4) is 5.75 Å². The van der Waals surface area contributed by atoms with Gasteiger partial charge in [-0.1, -0.05) is 20.8 Å².